The highest BCUT2D eigenvalue weighted by molar-refractivity contribution is 5.24. The minimum atomic E-state index is -1.83. The van der Waals surface area contributed by atoms with Crippen molar-refractivity contribution in [1.82, 2.24) is 9.97 Å². The third-order valence-electron chi connectivity index (χ3n) is 0.954. The second kappa shape index (κ2) is 2.72. The first-order valence-electron chi connectivity index (χ1n) is 2.55. The molecule has 0 aliphatic carbocycles. The Morgan fingerprint density at radius 3 is 1.92 bits per heavy atom. The topological polar surface area (TPSA) is 68.9 Å². The molecule has 0 aromatic carbocycles. The molecular formula is C4F3N3O2. The number of nitro groups is 1. The zero-order valence-electron chi connectivity index (χ0n) is 5.29. The van der Waals surface area contributed by atoms with Crippen molar-refractivity contribution >= 4 is 5.69 Å². The van der Waals surface area contributed by atoms with Crippen LogP contribution in [0.15, 0.2) is 0 Å². The van der Waals surface area contributed by atoms with Crippen molar-refractivity contribution in [3.63, 3.8) is 0 Å². The monoisotopic (exact) mass is 179 g/mol. The standard InChI is InChI=1S/C4F3N3O2/c5-2-1(10(11)12)3(6)9-4(7)8-2. The van der Waals surface area contributed by atoms with Crippen LogP contribution in [0, 0.1) is 28.1 Å². The molecule has 12 heavy (non-hydrogen) atoms. The highest BCUT2D eigenvalue weighted by Crippen LogP contribution is 2.16. The summed E-state index contributed by atoms with van der Waals surface area (Å²) in [7, 11) is 0. The summed E-state index contributed by atoms with van der Waals surface area (Å²) in [6, 6.07) is 0. The number of aromatic nitrogens is 2. The Morgan fingerprint density at radius 2 is 1.58 bits per heavy atom. The predicted octanol–water partition coefficient (Wildman–Crippen LogP) is 0.802. The maximum atomic E-state index is 12.3. The summed E-state index contributed by atoms with van der Waals surface area (Å²) in [4.78, 5) is 13.2. The van der Waals surface area contributed by atoms with Crippen molar-refractivity contribution < 1.29 is 18.1 Å². The van der Waals surface area contributed by atoms with E-state index in [1.54, 1.807) is 0 Å². The first-order valence-corrected chi connectivity index (χ1v) is 2.55. The Morgan fingerprint density at radius 1 is 1.17 bits per heavy atom. The summed E-state index contributed by atoms with van der Waals surface area (Å²) in [6.07, 6.45) is -1.68. The molecule has 1 rings (SSSR count). The van der Waals surface area contributed by atoms with Gasteiger partial charge >= 0.3 is 11.8 Å². The van der Waals surface area contributed by atoms with Crippen LogP contribution in [0.3, 0.4) is 0 Å². The van der Waals surface area contributed by atoms with Crippen molar-refractivity contribution in [2.24, 2.45) is 0 Å². The highest BCUT2D eigenvalue weighted by Gasteiger charge is 2.25. The fourth-order valence-electron chi connectivity index (χ4n) is 0.529. The summed E-state index contributed by atoms with van der Waals surface area (Å²) >= 11 is 0. The molecule has 1 aromatic heterocycles. The lowest BCUT2D eigenvalue weighted by Crippen LogP contribution is -2.04. The van der Waals surface area contributed by atoms with E-state index in [0.717, 1.165) is 0 Å². The van der Waals surface area contributed by atoms with Gasteiger partial charge in [-0.25, -0.2) is 0 Å². The Balaban J connectivity index is 3.38. The van der Waals surface area contributed by atoms with Gasteiger partial charge in [-0.3, -0.25) is 10.1 Å². The molecule has 0 aliphatic heterocycles. The molecule has 0 amide bonds. The van der Waals surface area contributed by atoms with E-state index >= 15 is 0 Å². The SMILES string of the molecule is O=[N+]([O-])c1c(F)nc(F)nc1F. The van der Waals surface area contributed by atoms with E-state index < -0.39 is 28.6 Å². The van der Waals surface area contributed by atoms with Gasteiger partial charge in [0.15, 0.2) is 0 Å². The fourth-order valence-corrected chi connectivity index (χ4v) is 0.529. The molecule has 0 atom stereocenters. The molecule has 0 aliphatic rings. The van der Waals surface area contributed by atoms with Crippen molar-refractivity contribution in [2.45, 2.75) is 0 Å². The molecule has 0 saturated carbocycles. The maximum Gasteiger partial charge on any atom is 0.378 e. The van der Waals surface area contributed by atoms with Crippen molar-refractivity contribution in [1.29, 1.82) is 0 Å². The lowest BCUT2D eigenvalue weighted by molar-refractivity contribution is -0.391. The van der Waals surface area contributed by atoms with Crippen LogP contribution in [0.2, 0.25) is 0 Å². The van der Waals surface area contributed by atoms with Crippen LogP contribution >= 0.6 is 0 Å². The lowest BCUT2D eigenvalue weighted by atomic mass is 10.5. The largest absolute Gasteiger partial charge is 0.378 e. The van der Waals surface area contributed by atoms with Crippen LogP contribution in [-0.2, 0) is 0 Å². The average Bonchev–Trinajstić information content (AvgIpc) is 1.82. The maximum absolute atomic E-state index is 12.3. The summed E-state index contributed by atoms with van der Waals surface area (Å²) in [5.41, 5.74) is -1.56. The lowest BCUT2D eigenvalue weighted by Gasteiger charge is -1.92. The van der Waals surface area contributed by atoms with Gasteiger partial charge < -0.3 is 0 Å². The molecular weight excluding hydrogens is 179 g/mol. The van der Waals surface area contributed by atoms with Gasteiger partial charge in [-0.1, -0.05) is 0 Å². The number of hydrogen-bond acceptors (Lipinski definition) is 4. The summed E-state index contributed by atoms with van der Waals surface area (Å²) in [5.74, 6) is -3.66. The normalized spacial score (nSPS) is 9.92. The molecule has 0 saturated heterocycles. The van der Waals surface area contributed by atoms with Gasteiger partial charge in [0.1, 0.15) is 0 Å². The molecule has 0 fully saturated rings. The van der Waals surface area contributed by atoms with Gasteiger partial charge in [-0.2, -0.15) is 23.1 Å². The van der Waals surface area contributed by atoms with Crippen LogP contribution in [-0.4, -0.2) is 14.9 Å². The third-order valence-corrected chi connectivity index (χ3v) is 0.954. The number of rotatable bonds is 1. The molecule has 5 nitrogen and oxygen atoms in total. The molecule has 0 unspecified atom stereocenters. The van der Waals surface area contributed by atoms with E-state index in [4.69, 9.17) is 0 Å². The summed E-state index contributed by atoms with van der Waals surface area (Å²) in [5, 5.41) is 9.88. The minimum absolute atomic E-state index is 1.37. The molecule has 0 spiro atoms. The first-order chi connectivity index (χ1) is 5.52. The minimum Gasteiger partial charge on any atom is -0.258 e. The molecule has 1 heterocycles. The van der Waals surface area contributed by atoms with Gasteiger partial charge in [0.2, 0.25) is 0 Å². The van der Waals surface area contributed by atoms with E-state index in [9.17, 15) is 23.3 Å². The van der Waals surface area contributed by atoms with Crippen LogP contribution in [0.5, 0.6) is 0 Å². The molecule has 8 heteroatoms. The number of nitrogens with zero attached hydrogens (tertiary/aromatic N) is 3. The van der Waals surface area contributed by atoms with Gasteiger partial charge in [0.25, 0.3) is 11.9 Å². The third kappa shape index (κ3) is 1.31. The molecule has 0 bridgehead atoms. The highest BCUT2D eigenvalue weighted by atomic mass is 19.2. The Hall–Kier alpha value is -1.73. The molecule has 0 radical (unpaired) electrons. The zero-order valence-corrected chi connectivity index (χ0v) is 5.29. The second-order valence-corrected chi connectivity index (χ2v) is 1.68. The zero-order chi connectivity index (χ0) is 9.30. The molecule has 1 aromatic rings. The summed E-state index contributed by atoms with van der Waals surface area (Å²) in [6.45, 7) is 0. The van der Waals surface area contributed by atoms with Crippen molar-refractivity contribution in [2.75, 3.05) is 0 Å². The van der Waals surface area contributed by atoms with Crippen LogP contribution in [0.1, 0.15) is 0 Å². The number of halogens is 3. The smallest absolute Gasteiger partial charge is 0.258 e. The average molecular weight is 179 g/mol. The van der Waals surface area contributed by atoms with E-state index in [1.807, 2.05) is 0 Å². The molecule has 0 N–H and O–H groups in total. The van der Waals surface area contributed by atoms with Crippen molar-refractivity contribution in [3.8, 4) is 0 Å². The van der Waals surface area contributed by atoms with Crippen LogP contribution < -0.4 is 0 Å². The van der Waals surface area contributed by atoms with E-state index in [-0.39, 0.29) is 0 Å². The first kappa shape index (κ1) is 8.37. The predicted molar refractivity (Wildman–Crippen MR) is 28.6 cm³/mol. The molecule has 64 valence electrons. The Kier molecular flexibility index (Phi) is 1.90. The fraction of sp³-hybridized carbons (Fsp3) is 0. The van der Waals surface area contributed by atoms with Crippen LogP contribution in [0.4, 0.5) is 18.9 Å². The van der Waals surface area contributed by atoms with E-state index in [0.29, 0.717) is 0 Å². The van der Waals surface area contributed by atoms with Crippen LogP contribution in [0.25, 0.3) is 0 Å². The summed E-state index contributed by atoms with van der Waals surface area (Å²) < 4.78 is 36.5. The second-order valence-electron chi connectivity index (χ2n) is 1.68. The Bertz CT molecular complexity index is 319. The quantitative estimate of drug-likeness (QED) is 0.276. The van der Waals surface area contributed by atoms with Gasteiger partial charge in [-0.05, 0) is 0 Å². The number of hydrogen-bond donors (Lipinski definition) is 0. The van der Waals surface area contributed by atoms with E-state index in [1.165, 1.54) is 0 Å². The van der Waals surface area contributed by atoms with Gasteiger partial charge in [0.05, 0.1) is 4.92 Å². The van der Waals surface area contributed by atoms with Gasteiger partial charge in [0, 0.05) is 0 Å². The van der Waals surface area contributed by atoms with Crippen molar-refractivity contribution in [3.05, 3.63) is 28.1 Å². The van der Waals surface area contributed by atoms with E-state index in [2.05, 4.69) is 9.97 Å². The van der Waals surface area contributed by atoms with Gasteiger partial charge in [-0.15, -0.1) is 0 Å². The Labute approximate surface area is 63.0 Å².